The van der Waals surface area contributed by atoms with Gasteiger partial charge in [0, 0.05) is 6.42 Å². The second-order valence-corrected chi connectivity index (χ2v) is 12.4. The molecule has 1 aliphatic heterocycles. The molecule has 1 fully saturated rings. The highest BCUT2D eigenvalue weighted by molar-refractivity contribution is 7.95. The van der Waals surface area contributed by atoms with E-state index in [0.717, 1.165) is 45.1 Å². The summed E-state index contributed by atoms with van der Waals surface area (Å²) in [5.41, 5.74) is 1.37. The first-order chi connectivity index (χ1) is 16.8. The number of allylic oxidation sites excluding steroid dienone is 4. The minimum atomic E-state index is -1.72. The van der Waals surface area contributed by atoms with Crippen molar-refractivity contribution >= 4 is 23.2 Å². The van der Waals surface area contributed by atoms with Crippen LogP contribution in [0.5, 0.6) is 0 Å². The van der Waals surface area contributed by atoms with Gasteiger partial charge in [0.1, 0.15) is 23.2 Å². The van der Waals surface area contributed by atoms with Gasteiger partial charge in [0.15, 0.2) is 6.29 Å². The Bertz CT molecular complexity index is 942. The molecule has 2 nitrogen and oxygen atoms in total. The van der Waals surface area contributed by atoms with E-state index in [0.29, 0.717) is 0 Å². The van der Waals surface area contributed by atoms with Gasteiger partial charge < -0.3 is 9.47 Å². The lowest BCUT2D eigenvalue weighted by molar-refractivity contribution is -0.0461. The maximum atomic E-state index is 5.54. The molecule has 3 aromatic carbocycles. The van der Waals surface area contributed by atoms with Crippen LogP contribution in [-0.4, -0.2) is 25.7 Å². The van der Waals surface area contributed by atoms with Crippen LogP contribution in [0, 0.1) is 0 Å². The van der Waals surface area contributed by atoms with Crippen molar-refractivity contribution in [2.45, 2.75) is 38.9 Å². The van der Waals surface area contributed by atoms with Gasteiger partial charge in [0.2, 0.25) is 0 Å². The molecule has 0 spiro atoms. The third-order valence-electron chi connectivity index (χ3n) is 6.44. The van der Waals surface area contributed by atoms with Crippen LogP contribution in [0.15, 0.2) is 115 Å². The molecule has 176 valence electrons. The molecule has 0 radical (unpaired) electrons. The van der Waals surface area contributed by atoms with E-state index in [-0.39, 0.29) is 6.29 Å². The first-order valence-electron chi connectivity index (χ1n) is 12.4. The first kappa shape index (κ1) is 24.6. The summed E-state index contributed by atoms with van der Waals surface area (Å²) in [5, 5.41) is 4.38. The number of benzene rings is 3. The Morgan fingerprint density at radius 1 is 0.794 bits per heavy atom. The van der Waals surface area contributed by atoms with Crippen molar-refractivity contribution < 1.29 is 9.47 Å². The average Bonchev–Trinajstić information content (AvgIpc) is 3.43. The van der Waals surface area contributed by atoms with Gasteiger partial charge in [0.05, 0.1) is 19.4 Å². The van der Waals surface area contributed by atoms with Gasteiger partial charge in [-0.1, -0.05) is 78.4 Å². The number of unbranched alkanes of at least 4 members (excludes halogenated alkanes) is 1. The summed E-state index contributed by atoms with van der Waals surface area (Å²) in [6.07, 6.45) is 12.1. The largest absolute Gasteiger partial charge is 0.350 e. The molecule has 4 rings (SSSR count). The fourth-order valence-electron chi connectivity index (χ4n) is 4.66. The van der Waals surface area contributed by atoms with Crippen molar-refractivity contribution in [1.82, 2.24) is 0 Å². The van der Waals surface area contributed by atoms with Crippen molar-refractivity contribution in [2.24, 2.45) is 0 Å². The Balaban J connectivity index is 1.47. The van der Waals surface area contributed by atoms with E-state index in [1.807, 2.05) is 0 Å². The van der Waals surface area contributed by atoms with E-state index in [4.69, 9.17) is 9.47 Å². The predicted octanol–water partition coefficient (Wildman–Crippen LogP) is 6.42. The Kier molecular flexibility index (Phi) is 9.27. The van der Waals surface area contributed by atoms with Gasteiger partial charge in [-0.3, -0.25) is 0 Å². The maximum absolute atomic E-state index is 5.54. The lowest BCUT2D eigenvalue weighted by Gasteiger charge is -2.27. The molecule has 3 aromatic rings. The minimum absolute atomic E-state index is 0.0154. The highest BCUT2D eigenvalue weighted by Gasteiger charge is 2.44. The van der Waals surface area contributed by atoms with E-state index < -0.39 is 7.26 Å². The Morgan fingerprint density at radius 2 is 1.29 bits per heavy atom. The normalized spacial score (nSPS) is 15.3. The van der Waals surface area contributed by atoms with E-state index >= 15 is 0 Å². The molecule has 0 bridgehead atoms. The van der Waals surface area contributed by atoms with Crippen LogP contribution in [0.25, 0.3) is 0 Å². The molecule has 0 aliphatic carbocycles. The van der Waals surface area contributed by atoms with Crippen LogP contribution in [0.3, 0.4) is 0 Å². The molecule has 34 heavy (non-hydrogen) atoms. The molecular formula is C31H36O2P+. The molecule has 0 aromatic heterocycles. The van der Waals surface area contributed by atoms with Crippen LogP contribution >= 0.6 is 7.26 Å². The van der Waals surface area contributed by atoms with Crippen molar-refractivity contribution in [3.05, 3.63) is 115 Å². The zero-order valence-corrected chi connectivity index (χ0v) is 21.1. The van der Waals surface area contributed by atoms with Crippen LogP contribution < -0.4 is 15.9 Å². The van der Waals surface area contributed by atoms with E-state index in [1.54, 1.807) is 0 Å². The predicted molar refractivity (Wildman–Crippen MR) is 147 cm³/mol. The Morgan fingerprint density at radius 3 is 1.79 bits per heavy atom. The van der Waals surface area contributed by atoms with E-state index in [2.05, 4.69) is 116 Å². The molecule has 0 atom stereocenters. The summed E-state index contributed by atoms with van der Waals surface area (Å²) >= 11 is 0. The summed E-state index contributed by atoms with van der Waals surface area (Å²) in [7, 11) is -1.72. The van der Waals surface area contributed by atoms with Crippen LogP contribution in [-0.2, 0) is 9.47 Å². The van der Waals surface area contributed by atoms with Crippen LogP contribution in [0.2, 0.25) is 0 Å². The number of hydrogen-bond donors (Lipinski definition) is 0. The molecule has 0 saturated carbocycles. The zero-order valence-electron chi connectivity index (χ0n) is 20.2. The molecule has 0 amide bonds. The lowest BCUT2D eigenvalue weighted by Crippen LogP contribution is -2.33. The summed E-state index contributed by atoms with van der Waals surface area (Å²) in [5.74, 6) is 0. The van der Waals surface area contributed by atoms with Gasteiger partial charge in [-0.15, -0.1) is 0 Å². The number of hydrogen-bond acceptors (Lipinski definition) is 2. The molecule has 0 unspecified atom stereocenters. The second-order valence-electron chi connectivity index (χ2n) is 8.83. The van der Waals surface area contributed by atoms with Gasteiger partial charge >= 0.3 is 0 Å². The number of rotatable bonds is 11. The molecule has 0 N–H and O–H groups in total. The quantitative estimate of drug-likeness (QED) is 0.183. The van der Waals surface area contributed by atoms with Crippen LogP contribution in [0.1, 0.15) is 32.6 Å². The fourth-order valence-corrected chi connectivity index (χ4v) is 9.03. The number of ether oxygens (including phenoxy) is 2. The van der Waals surface area contributed by atoms with Crippen molar-refractivity contribution in [3.8, 4) is 0 Å². The molecule has 1 saturated heterocycles. The third-order valence-corrected chi connectivity index (χ3v) is 11.0. The standard InChI is InChI=1S/C31H36O2P/c1-27(22-23-31-32-24-25-33-31)15-7-2-3-14-26-34(28-16-8-4-9-17-28,29-18-10-5-11-19-29)30-20-12-6-13-21-30/h2,4-13,15-21,31H,3,14,22-26H2,1H3/q+1. The van der Waals surface area contributed by atoms with E-state index in [9.17, 15) is 0 Å². The summed E-state index contributed by atoms with van der Waals surface area (Å²) in [6.45, 7) is 3.65. The molecule has 3 heteroatoms. The molecule has 1 aliphatic rings. The molecular weight excluding hydrogens is 435 g/mol. The lowest BCUT2D eigenvalue weighted by atomic mass is 10.1. The molecule has 1 heterocycles. The van der Waals surface area contributed by atoms with Crippen LogP contribution in [0.4, 0.5) is 0 Å². The zero-order chi connectivity index (χ0) is 23.5. The van der Waals surface area contributed by atoms with Gasteiger partial charge in [0.25, 0.3) is 0 Å². The highest BCUT2D eigenvalue weighted by Crippen LogP contribution is 2.55. The van der Waals surface area contributed by atoms with Gasteiger partial charge in [-0.2, -0.15) is 0 Å². The maximum Gasteiger partial charge on any atom is 0.158 e. The van der Waals surface area contributed by atoms with Crippen molar-refractivity contribution in [1.29, 1.82) is 0 Å². The Hall–Kier alpha value is -2.51. The van der Waals surface area contributed by atoms with Crippen molar-refractivity contribution in [2.75, 3.05) is 19.4 Å². The fraction of sp³-hybridized carbons (Fsp3) is 0.290. The second kappa shape index (κ2) is 12.8. The highest BCUT2D eigenvalue weighted by atomic mass is 31.2. The SMILES string of the molecule is CC(=CC=CCCC[P+](c1ccccc1)(c1ccccc1)c1ccccc1)CCC1OCCO1. The smallest absolute Gasteiger partial charge is 0.158 e. The van der Waals surface area contributed by atoms with Gasteiger partial charge in [-0.25, -0.2) is 0 Å². The summed E-state index contributed by atoms with van der Waals surface area (Å²) in [6, 6.07) is 33.4. The third kappa shape index (κ3) is 6.33. The monoisotopic (exact) mass is 471 g/mol. The van der Waals surface area contributed by atoms with E-state index in [1.165, 1.54) is 21.5 Å². The Labute approximate surface area is 205 Å². The topological polar surface area (TPSA) is 18.5 Å². The van der Waals surface area contributed by atoms with Gasteiger partial charge in [-0.05, 0) is 62.6 Å². The first-order valence-corrected chi connectivity index (χ1v) is 14.4. The minimum Gasteiger partial charge on any atom is -0.350 e. The summed E-state index contributed by atoms with van der Waals surface area (Å²) in [4.78, 5) is 0. The average molecular weight is 472 g/mol. The summed E-state index contributed by atoms with van der Waals surface area (Å²) < 4.78 is 11.1. The van der Waals surface area contributed by atoms with Crippen molar-refractivity contribution in [3.63, 3.8) is 0 Å².